The molecule has 0 radical (unpaired) electrons. The molecule has 1 aromatic carbocycles. The summed E-state index contributed by atoms with van der Waals surface area (Å²) in [4.78, 5) is 16.9. The smallest absolute Gasteiger partial charge is 0.234 e. The molecule has 0 saturated carbocycles. The van der Waals surface area contributed by atoms with E-state index in [1.165, 1.54) is 6.07 Å². The first-order valence-electron chi connectivity index (χ1n) is 7.55. The lowest BCUT2D eigenvalue weighted by atomic mass is 10.3. The van der Waals surface area contributed by atoms with Gasteiger partial charge in [0.15, 0.2) is 5.65 Å². The average Bonchev–Trinajstić information content (AvgIpc) is 2.97. The van der Waals surface area contributed by atoms with Crippen LogP contribution < -0.4 is 5.32 Å². The summed E-state index contributed by atoms with van der Waals surface area (Å²) in [5.74, 6) is -0.398. The average molecular weight is 344 g/mol. The molecular weight excluding hydrogens is 327 g/mol. The van der Waals surface area contributed by atoms with Gasteiger partial charge in [0, 0.05) is 16.3 Å². The first-order valence-corrected chi connectivity index (χ1v) is 8.53. The van der Waals surface area contributed by atoms with Gasteiger partial charge in [-0.1, -0.05) is 12.1 Å². The van der Waals surface area contributed by atoms with Crippen molar-refractivity contribution >= 4 is 34.4 Å². The Bertz CT molecular complexity index is 878. The van der Waals surface area contributed by atoms with Gasteiger partial charge in [-0.25, -0.2) is 14.1 Å². The van der Waals surface area contributed by atoms with Gasteiger partial charge in [-0.3, -0.25) is 4.79 Å². The number of aromatic nitrogens is 3. The van der Waals surface area contributed by atoms with E-state index in [0.717, 1.165) is 22.8 Å². The van der Waals surface area contributed by atoms with Crippen LogP contribution in [0.4, 0.5) is 10.1 Å². The molecule has 0 aliphatic rings. The third-order valence-electron chi connectivity index (χ3n) is 3.40. The molecule has 2 heterocycles. The molecule has 0 bridgehead atoms. The van der Waals surface area contributed by atoms with Gasteiger partial charge >= 0.3 is 0 Å². The lowest BCUT2D eigenvalue weighted by Crippen LogP contribution is -2.14. The molecule has 5 nitrogen and oxygen atoms in total. The normalized spacial score (nSPS) is 11.2. The van der Waals surface area contributed by atoms with E-state index in [1.807, 2.05) is 24.6 Å². The van der Waals surface area contributed by atoms with E-state index in [0.29, 0.717) is 10.6 Å². The zero-order chi connectivity index (χ0) is 17.1. The molecule has 0 unspecified atom stereocenters. The standard InChI is InChI=1S/C17H17FN4OS/c1-11(2)22-17-12(8-20-22)7-13(9-19-17)21-16(23)10-24-15-6-4-3-5-14(15)18/h3-9,11H,10H2,1-2H3,(H,21,23). The lowest BCUT2D eigenvalue weighted by Gasteiger charge is -2.08. The Morgan fingerprint density at radius 1 is 1.33 bits per heavy atom. The van der Waals surface area contributed by atoms with Gasteiger partial charge in [0.25, 0.3) is 0 Å². The summed E-state index contributed by atoms with van der Waals surface area (Å²) in [6, 6.07) is 8.45. The summed E-state index contributed by atoms with van der Waals surface area (Å²) in [7, 11) is 0. The number of amides is 1. The van der Waals surface area contributed by atoms with Crippen molar-refractivity contribution in [1.29, 1.82) is 0 Å². The van der Waals surface area contributed by atoms with Crippen molar-refractivity contribution in [3.05, 3.63) is 48.5 Å². The molecule has 0 atom stereocenters. The number of nitrogens with one attached hydrogen (secondary N) is 1. The maximum atomic E-state index is 13.5. The molecule has 124 valence electrons. The topological polar surface area (TPSA) is 59.8 Å². The van der Waals surface area contributed by atoms with E-state index in [9.17, 15) is 9.18 Å². The van der Waals surface area contributed by atoms with Crippen LogP contribution in [-0.2, 0) is 4.79 Å². The number of fused-ring (bicyclic) bond motifs is 1. The lowest BCUT2D eigenvalue weighted by molar-refractivity contribution is -0.113. The van der Waals surface area contributed by atoms with Crippen molar-refractivity contribution in [2.45, 2.75) is 24.8 Å². The number of nitrogens with zero attached hydrogens (tertiary/aromatic N) is 3. The summed E-state index contributed by atoms with van der Waals surface area (Å²) in [6.45, 7) is 4.06. The zero-order valence-corrected chi connectivity index (χ0v) is 14.2. The molecule has 24 heavy (non-hydrogen) atoms. The molecule has 1 N–H and O–H groups in total. The number of hydrogen-bond acceptors (Lipinski definition) is 4. The number of anilines is 1. The molecule has 0 saturated heterocycles. The van der Waals surface area contributed by atoms with Gasteiger partial charge < -0.3 is 5.32 Å². The Balaban J connectivity index is 1.66. The van der Waals surface area contributed by atoms with Crippen molar-refractivity contribution in [2.75, 3.05) is 11.1 Å². The molecule has 0 aliphatic carbocycles. The van der Waals surface area contributed by atoms with Gasteiger partial charge in [-0.15, -0.1) is 11.8 Å². The van der Waals surface area contributed by atoms with Crippen LogP contribution in [0.1, 0.15) is 19.9 Å². The number of thioether (sulfide) groups is 1. The minimum Gasteiger partial charge on any atom is -0.324 e. The van der Waals surface area contributed by atoms with Crippen molar-refractivity contribution < 1.29 is 9.18 Å². The van der Waals surface area contributed by atoms with Crippen molar-refractivity contribution in [3.63, 3.8) is 0 Å². The van der Waals surface area contributed by atoms with E-state index < -0.39 is 0 Å². The quantitative estimate of drug-likeness (QED) is 0.714. The first-order chi connectivity index (χ1) is 11.5. The molecular formula is C17H17FN4OS. The summed E-state index contributed by atoms with van der Waals surface area (Å²) in [5, 5.41) is 7.94. The van der Waals surface area contributed by atoms with Crippen LogP contribution in [0.15, 0.2) is 47.6 Å². The maximum Gasteiger partial charge on any atom is 0.234 e. The van der Waals surface area contributed by atoms with Crippen molar-refractivity contribution in [1.82, 2.24) is 14.8 Å². The molecule has 7 heteroatoms. The fourth-order valence-corrected chi connectivity index (χ4v) is 3.03. The zero-order valence-electron chi connectivity index (χ0n) is 13.4. The molecule has 1 amide bonds. The Morgan fingerprint density at radius 2 is 2.12 bits per heavy atom. The van der Waals surface area contributed by atoms with Crippen LogP contribution in [0.3, 0.4) is 0 Å². The SMILES string of the molecule is CC(C)n1ncc2cc(NC(=O)CSc3ccccc3F)cnc21. The molecule has 0 fully saturated rings. The monoisotopic (exact) mass is 344 g/mol. The van der Waals surface area contributed by atoms with E-state index in [1.54, 1.807) is 30.6 Å². The molecule has 2 aromatic heterocycles. The second-order valence-electron chi connectivity index (χ2n) is 5.59. The highest BCUT2D eigenvalue weighted by atomic mass is 32.2. The number of carbonyl (C=O) groups is 1. The number of carbonyl (C=O) groups excluding carboxylic acids is 1. The van der Waals surface area contributed by atoms with Crippen LogP contribution in [0.25, 0.3) is 11.0 Å². The van der Waals surface area contributed by atoms with Crippen LogP contribution in [0.5, 0.6) is 0 Å². The highest BCUT2D eigenvalue weighted by Gasteiger charge is 2.10. The predicted molar refractivity (Wildman–Crippen MR) is 93.7 cm³/mol. The van der Waals surface area contributed by atoms with Gasteiger partial charge in [-0.2, -0.15) is 5.10 Å². The fourth-order valence-electron chi connectivity index (χ4n) is 2.29. The second-order valence-corrected chi connectivity index (χ2v) is 6.60. The van der Waals surface area contributed by atoms with Crippen molar-refractivity contribution in [3.8, 4) is 0 Å². The molecule has 0 spiro atoms. The highest BCUT2D eigenvalue weighted by Crippen LogP contribution is 2.22. The van der Waals surface area contributed by atoms with E-state index in [-0.39, 0.29) is 23.5 Å². The highest BCUT2D eigenvalue weighted by molar-refractivity contribution is 8.00. The summed E-state index contributed by atoms with van der Waals surface area (Å²) in [6.07, 6.45) is 3.33. The Morgan fingerprint density at radius 3 is 2.88 bits per heavy atom. The third-order valence-corrected chi connectivity index (χ3v) is 4.45. The van der Waals surface area contributed by atoms with E-state index >= 15 is 0 Å². The Labute approximate surface area is 143 Å². The number of hydrogen-bond donors (Lipinski definition) is 1. The van der Waals surface area contributed by atoms with Crippen molar-refractivity contribution in [2.24, 2.45) is 0 Å². The summed E-state index contributed by atoms with van der Waals surface area (Å²) in [5.41, 5.74) is 1.38. The summed E-state index contributed by atoms with van der Waals surface area (Å²) >= 11 is 1.16. The first kappa shape index (κ1) is 16.4. The Kier molecular flexibility index (Phi) is 4.80. The van der Waals surface area contributed by atoms with Gasteiger partial charge in [-0.05, 0) is 32.0 Å². The minimum absolute atomic E-state index is 0.129. The number of benzene rings is 1. The predicted octanol–water partition coefficient (Wildman–Crippen LogP) is 3.88. The minimum atomic E-state index is -0.320. The summed E-state index contributed by atoms with van der Waals surface area (Å²) < 4.78 is 15.4. The Hall–Kier alpha value is -2.41. The van der Waals surface area contributed by atoms with Crippen LogP contribution >= 0.6 is 11.8 Å². The number of halogens is 1. The third kappa shape index (κ3) is 3.56. The second kappa shape index (κ2) is 7.00. The largest absolute Gasteiger partial charge is 0.324 e. The van der Waals surface area contributed by atoms with Gasteiger partial charge in [0.1, 0.15) is 5.82 Å². The van der Waals surface area contributed by atoms with Gasteiger partial charge in [0.2, 0.25) is 5.91 Å². The molecule has 0 aliphatic heterocycles. The van der Waals surface area contributed by atoms with E-state index in [2.05, 4.69) is 15.4 Å². The molecule has 3 aromatic rings. The number of pyridine rings is 1. The fraction of sp³-hybridized carbons (Fsp3) is 0.235. The van der Waals surface area contributed by atoms with Crippen LogP contribution in [0, 0.1) is 5.82 Å². The maximum absolute atomic E-state index is 13.5. The van der Waals surface area contributed by atoms with Crippen LogP contribution in [0.2, 0.25) is 0 Å². The van der Waals surface area contributed by atoms with Crippen LogP contribution in [-0.4, -0.2) is 26.4 Å². The number of rotatable bonds is 5. The molecule has 3 rings (SSSR count). The van der Waals surface area contributed by atoms with Gasteiger partial charge in [0.05, 0.1) is 23.8 Å². The van der Waals surface area contributed by atoms with E-state index in [4.69, 9.17) is 0 Å².